The fourth-order valence-electron chi connectivity index (χ4n) is 1.31. The summed E-state index contributed by atoms with van der Waals surface area (Å²) in [5.41, 5.74) is -5.53. The normalized spacial score (nSPS) is 12.8. The predicted molar refractivity (Wildman–Crippen MR) is 59.1 cm³/mol. The minimum Gasteiger partial charge on any atom is -0.276 e. The van der Waals surface area contributed by atoms with E-state index in [2.05, 4.69) is 0 Å². The molecule has 0 saturated heterocycles. The van der Waals surface area contributed by atoms with Gasteiger partial charge in [-0.25, -0.2) is 4.39 Å². The van der Waals surface area contributed by atoms with Gasteiger partial charge in [0.15, 0.2) is 0 Å². The maximum absolute atomic E-state index is 13.0. The van der Waals surface area contributed by atoms with Gasteiger partial charge in [-0.2, -0.15) is 21.6 Å². The van der Waals surface area contributed by atoms with Crippen LogP contribution in [-0.2, 0) is 10.0 Å². The molecule has 1 rings (SSSR count). The molecule has 0 radical (unpaired) electrons. The van der Waals surface area contributed by atoms with Gasteiger partial charge in [-0.3, -0.25) is 4.72 Å². The van der Waals surface area contributed by atoms with Crippen molar-refractivity contribution in [1.82, 2.24) is 0 Å². The quantitative estimate of drug-likeness (QED) is 0.867. The Morgan fingerprint density at radius 3 is 2.22 bits per heavy atom. The van der Waals surface area contributed by atoms with Crippen molar-refractivity contribution in [1.29, 1.82) is 0 Å². The van der Waals surface area contributed by atoms with E-state index in [9.17, 15) is 26.0 Å². The summed E-state index contributed by atoms with van der Waals surface area (Å²) in [4.78, 5) is 0. The SMILES string of the molecule is CC(C)c1cc(F)ccc1NS(=O)(=O)C(F)(F)F. The second-order valence-electron chi connectivity index (χ2n) is 3.94. The monoisotopic (exact) mass is 285 g/mol. The zero-order valence-electron chi connectivity index (χ0n) is 9.55. The van der Waals surface area contributed by atoms with Gasteiger partial charge in [-0.15, -0.1) is 0 Å². The van der Waals surface area contributed by atoms with E-state index in [-0.39, 0.29) is 17.2 Å². The van der Waals surface area contributed by atoms with E-state index in [4.69, 9.17) is 0 Å². The summed E-state index contributed by atoms with van der Waals surface area (Å²) in [6.07, 6.45) is 0. The highest BCUT2D eigenvalue weighted by molar-refractivity contribution is 7.93. The van der Waals surface area contributed by atoms with Crippen molar-refractivity contribution in [3.05, 3.63) is 29.6 Å². The summed E-state index contributed by atoms with van der Waals surface area (Å²) in [6.45, 7) is 3.22. The number of anilines is 1. The minimum atomic E-state index is -5.49. The highest BCUT2D eigenvalue weighted by Crippen LogP contribution is 2.30. The average molecular weight is 285 g/mol. The largest absolute Gasteiger partial charge is 0.516 e. The molecule has 0 unspecified atom stereocenters. The lowest BCUT2D eigenvalue weighted by Crippen LogP contribution is -2.30. The zero-order chi connectivity index (χ0) is 14.1. The van der Waals surface area contributed by atoms with E-state index < -0.39 is 21.3 Å². The first-order valence-corrected chi connectivity index (χ1v) is 6.41. The lowest BCUT2D eigenvalue weighted by Gasteiger charge is -2.16. The smallest absolute Gasteiger partial charge is 0.276 e. The first kappa shape index (κ1) is 14.7. The Bertz CT molecular complexity index is 537. The summed E-state index contributed by atoms with van der Waals surface area (Å²) < 4.78 is 72.9. The maximum atomic E-state index is 13.0. The highest BCUT2D eigenvalue weighted by Gasteiger charge is 2.46. The van der Waals surface area contributed by atoms with Crippen molar-refractivity contribution >= 4 is 15.7 Å². The second-order valence-corrected chi connectivity index (χ2v) is 5.61. The number of nitrogens with one attached hydrogen (secondary N) is 1. The summed E-state index contributed by atoms with van der Waals surface area (Å²) in [7, 11) is -5.49. The number of sulfonamides is 1. The van der Waals surface area contributed by atoms with Crippen LogP contribution in [0.3, 0.4) is 0 Å². The molecule has 0 aliphatic heterocycles. The summed E-state index contributed by atoms with van der Waals surface area (Å²) in [6, 6.07) is 2.85. The Kier molecular flexibility index (Phi) is 3.89. The van der Waals surface area contributed by atoms with Crippen molar-refractivity contribution < 1.29 is 26.0 Å². The molecule has 0 amide bonds. The van der Waals surface area contributed by atoms with Crippen LogP contribution in [0.5, 0.6) is 0 Å². The number of halogens is 4. The third-order valence-electron chi connectivity index (χ3n) is 2.18. The second kappa shape index (κ2) is 4.75. The lowest BCUT2D eigenvalue weighted by molar-refractivity contribution is -0.0429. The summed E-state index contributed by atoms with van der Waals surface area (Å²) in [5.74, 6) is -0.972. The highest BCUT2D eigenvalue weighted by atomic mass is 32.2. The standard InChI is InChI=1S/C10H11F4NO2S/c1-6(2)8-5-7(11)3-4-9(8)15-18(16,17)10(12,13)14/h3-6,15H,1-2H3. The molecule has 102 valence electrons. The molecule has 18 heavy (non-hydrogen) atoms. The number of rotatable bonds is 3. The van der Waals surface area contributed by atoms with Crippen LogP contribution in [0, 0.1) is 5.82 Å². The molecule has 0 saturated carbocycles. The Morgan fingerprint density at radius 1 is 1.22 bits per heavy atom. The van der Waals surface area contributed by atoms with E-state index >= 15 is 0 Å². The molecule has 1 aromatic rings. The number of benzene rings is 1. The zero-order valence-corrected chi connectivity index (χ0v) is 10.4. The first-order valence-electron chi connectivity index (χ1n) is 4.93. The third-order valence-corrected chi connectivity index (χ3v) is 3.28. The van der Waals surface area contributed by atoms with Crippen molar-refractivity contribution in [3.63, 3.8) is 0 Å². The Labute approximate surface area is 102 Å². The fourth-order valence-corrected chi connectivity index (χ4v) is 1.90. The molecule has 0 fully saturated rings. The van der Waals surface area contributed by atoms with Crippen LogP contribution >= 0.6 is 0 Å². The van der Waals surface area contributed by atoms with E-state index in [1.54, 1.807) is 13.8 Å². The maximum Gasteiger partial charge on any atom is 0.516 e. The molecule has 8 heteroatoms. The average Bonchev–Trinajstić information content (AvgIpc) is 2.18. The third kappa shape index (κ3) is 3.12. The minimum absolute atomic E-state index is 0.155. The molecular formula is C10H11F4NO2S. The van der Waals surface area contributed by atoms with Gasteiger partial charge >= 0.3 is 15.5 Å². The van der Waals surface area contributed by atoms with Gasteiger partial charge in [-0.1, -0.05) is 13.8 Å². The Morgan fingerprint density at radius 2 is 1.78 bits per heavy atom. The molecule has 0 atom stereocenters. The number of alkyl halides is 3. The molecule has 3 nitrogen and oxygen atoms in total. The molecule has 0 heterocycles. The number of hydrogen-bond donors (Lipinski definition) is 1. The van der Waals surface area contributed by atoms with Crippen LogP contribution in [0.4, 0.5) is 23.2 Å². The van der Waals surface area contributed by atoms with Crippen molar-refractivity contribution in [3.8, 4) is 0 Å². The van der Waals surface area contributed by atoms with Crippen LogP contribution in [0.15, 0.2) is 18.2 Å². The van der Waals surface area contributed by atoms with Gasteiger partial charge in [0.25, 0.3) is 0 Å². The Balaban J connectivity index is 3.21. The predicted octanol–water partition coefficient (Wildman–Crippen LogP) is 3.21. The van der Waals surface area contributed by atoms with E-state index in [1.165, 1.54) is 4.72 Å². The van der Waals surface area contributed by atoms with Crippen LogP contribution < -0.4 is 4.72 Å². The molecule has 1 N–H and O–H groups in total. The van der Waals surface area contributed by atoms with Crippen LogP contribution in [0.1, 0.15) is 25.3 Å². The van der Waals surface area contributed by atoms with E-state index in [0.717, 1.165) is 18.2 Å². The van der Waals surface area contributed by atoms with E-state index in [0.29, 0.717) is 0 Å². The first-order chi connectivity index (χ1) is 8.04. The van der Waals surface area contributed by atoms with Crippen LogP contribution in [-0.4, -0.2) is 13.9 Å². The van der Waals surface area contributed by atoms with Crippen molar-refractivity contribution in [2.75, 3.05) is 4.72 Å². The number of hydrogen-bond acceptors (Lipinski definition) is 2. The van der Waals surface area contributed by atoms with Crippen LogP contribution in [0.2, 0.25) is 0 Å². The molecule has 0 spiro atoms. The van der Waals surface area contributed by atoms with Gasteiger partial charge in [0, 0.05) is 0 Å². The van der Waals surface area contributed by atoms with Gasteiger partial charge < -0.3 is 0 Å². The van der Waals surface area contributed by atoms with Crippen molar-refractivity contribution in [2.45, 2.75) is 25.3 Å². The topological polar surface area (TPSA) is 46.2 Å². The van der Waals surface area contributed by atoms with Gasteiger partial charge in [-0.05, 0) is 29.7 Å². The van der Waals surface area contributed by atoms with Gasteiger partial charge in [0.2, 0.25) is 0 Å². The molecule has 1 aromatic carbocycles. The summed E-state index contributed by atoms with van der Waals surface area (Å²) >= 11 is 0. The molecule has 0 aliphatic rings. The molecule has 0 aliphatic carbocycles. The van der Waals surface area contributed by atoms with Gasteiger partial charge in [0.1, 0.15) is 5.82 Å². The summed E-state index contributed by atoms with van der Waals surface area (Å²) in [5, 5.41) is 0. The van der Waals surface area contributed by atoms with E-state index in [1.807, 2.05) is 0 Å². The molecule has 0 aromatic heterocycles. The molecular weight excluding hydrogens is 274 g/mol. The fraction of sp³-hybridized carbons (Fsp3) is 0.400. The molecule has 0 bridgehead atoms. The lowest BCUT2D eigenvalue weighted by atomic mass is 10.0. The van der Waals surface area contributed by atoms with Crippen molar-refractivity contribution in [2.24, 2.45) is 0 Å². The van der Waals surface area contributed by atoms with Gasteiger partial charge in [0.05, 0.1) is 5.69 Å². The van der Waals surface area contributed by atoms with Crippen LogP contribution in [0.25, 0.3) is 0 Å². The Hall–Kier alpha value is -1.31.